The minimum atomic E-state index is -0.471. The van der Waals surface area contributed by atoms with Crippen LogP contribution in [0.3, 0.4) is 0 Å². The lowest BCUT2D eigenvalue weighted by molar-refractivity contribution is -0.139. The molecule has 1 atom stereocenters. The molecule has 24 heavy (non-hydrogen) atoms. The molecular formula is C16H16N4O3S. The first-order chi connectivity index (χ1) is 11.6. The molecule has 2 aromatic heterocycles. The quantitative estimate of drug-likeness (QED) is 0.431. The van der Waals surface area contributed by atoms with E-state index in [1.807, 2.05) is 30.3 Å². The van der Waals surface area contributed by atoms with Crippen LogP contribution in [0.5, 0.6) is 0 Å². The van der Waals surface area contributed by atoms with Crippen molar-refractivity contribution in [3.63, 3.8) is 0 Å². The Morgan fingerprint density at radius 3 is 2.83 bits per heavy atom. The molecular weight excluding hydrogens is 328 g/mol. The van der Waals surface area contributed by atoms with Crippen LogP contribution < -0.4 is 5.56 Å². The Morgan fingerprint density at radius 1 is 1.38 bits per heavy atom. The molecule has 0 bridgehead atoms. The third-order valence-corrected chi connectivity index (χ3v) is 4.44. The normalized spacial score (nSPS) is 12.2. The zero-order valence-electron chi connectivity index (χ0n) is 13.2. The van der Waals surface area contributed by atoms with Gasteiger partial charge in [0.2, 0.25) is 0 Å². The number of methoxy groups -OCH3 is 1. The van der Waals surface area contributed by atoms with Gasteiger partial charge in [-0.05, 0) is 12.5 Å². The Kier molecular flexibility index (Phi) is 4.66. The van der Waals surface area contributed by atoms with E-state index in [2.05, 4.69) is 15.1 Å². The lowest BCUT2D eigenvalue weighted by Crippen LogP contribution is -2.17. The first-order valence-corrected chi connectivity index (χ1v) is 8.20. The third-order valence-electron chi connectivity index (χ3n) is 3.48. The topological polar surface area (TPSA) is 89.9 Å². The summed E-state index contributed by atoms with van der Waals surface area (Å²) < 4.78 is 6.37. The number of ether oxygens (including phenoxy) is 1. The Balaban J connectivity index is 1.95. The first kappa shape index (κ1) is 16.3. The number of aromatic amines is 1. The van der Waals surface area contributed by atoms with Gasteiger partial charge in [-0.2, -0.15) is 5.10 Å². The molecule has 1 N–H and O–H groups in total. The molecule has 1 unspecified atom stereocenters. The highest BCUT2D eigenvalue weighted by Gasteiger charge is 2.18. The number of esters is 1. The summed E-state index contributed by atoms with van der Waals surface area (Å²) in [5, 5.41) is 4.56. The van der Waals surface area contributed by atoms with E-state index in [4.69, 9.17) is 4.74 Å². The van der Waals surface area contributed by atoms with Crippen molar-refractivity contribution in [3.05, 3.63) is 52.4 Å². The largest absolute Gasteiger partial charge is 0.468 e. The van der Waals surface area contributed by atoms with Crippen LogP contribution in [-0.2, 0) is 16.1 Å². The van der Waals surface area contributed by atoms with Gasteiger partial charge in [0.25, 0.3) is 5.56 Å². The van der Waals surface area contributed by atoms with E-state index >= 15 is 0 Å². The molecule has 1 aromatic carbocycles. The van der Waals surface area contributed by atoms with E-state index in [0.29, 0.717) is 22.7 Å². The van der Waals surface area contributed by atoms with Crippen molar-refractivity contribution in [1.82, 2.24) is 19.7 Å². The van der Waals surface area contributed by atoms with Gasteiger partial charge in [0.05, 0.1) is 19.9 Å². The van der Waals surface area contributed by atoms with E-state index < -0.39 is 5.25 Å². The number of aromatic nitrogens is 4. The van der Waals surface area contributed by atoms with Crippen LogP contribution in [0.4, 0.5) is 0 Å². The summed E-state index contributed by atoms with van der Waals surface area (Å²) in [5.41, 5.74) is 1.27. The number of fused-ring (bicyclic) bond motifs is 1. The van der Waals surface area contributed by atoms with E-state index in [-0.39, 0.29) is 11.5 Å². The first-order valence-electron chi connectivity index (χ1n) is 7.32. The second kappa shape index (κ2) is 6.88. The van der Waals surface area contributed by atoms with Gasteiger partial charge in [-0.1, -0.05) is 42.1 Å². The number of benzene rings is 1. The fourth-order valence-electron chi connectivity index (χ4n) is 2.25. The van der Waals surface area contributed by atoms with Crippen LogP contribution in [0.2, 0.25) is 0 Å². The lowest BCUT2D eigenvalue weighted by Gasteiger charge is -2.08. The number of hydrogen-bond donors (Lipinski definition) is 1. The molecule has 0 saturated heterocycles. The number of carbonyl (C=O) groups is 1. The molecule has 0 fully saturated rings. The molecule has 0 radical (unpaired) electrons. The highest BCUT2D eigenvalue weighted by atomic mass is 32.2. The van der Waals surface area contributed by atoms with Gasteiger partial charge in [0.15, 0.2) is 10.8 Å². The monoisotopic (exact) mass is 344 g/mol. The average Bonchev–Trinajstić information content (AvgIpc) is 2.98. The summed E-state index contributed by atoms with van der Waals surface area (Å²) in [7, 11) is 1.33. The molecule has 0 saturated carbocycles. The summed E-state index contributed by atoms with van der Waals surface area (Å²) in [6, 6.07) is 9.79. The number of rotatable bonds is 5. The van der Waals surface area contributed by atoms with Crippen LogP contribution in [0, 0.1) is 0 Å². The Bertz CT molecular complexity index is 920. The van der Waals surface area contributed by atoms with E-state index in [1.54, 1.807) is 11.6 Å². The minimum Gasteiger partial charge on any atom is -0.468 e. The molecule has 3 aromatic rings. The SMILES string of the molecule is COC(=O)C(C)Sc1nc2c(cnn2Cc2ccccc2)c(=O)[nH]1. The number of nitrogens with one attached hydrogen (secondary N) is 1. The Labute approximate surface area is 142 Å². The van der Waals surface area contributed by atoms with Gasteiger partial charge < -0.3 is 9.72 Å². The van der Waals surface area contributed by atoms with Crippen molar-refractivity contribution in [2.75, 3.05) is 7.11 Å². The maximum absolute atomic E-state index is 12.2. The molecule has 0 spiro atoms. The summed E-state index contributed by atoms with van der Waals surface area (Å²) in [6.07, 6.45) is 1.50. The predicted molar refractivity (Wildman–Crippen MR) is 91.0 cm³/mol. The van der Waals surface area contributed by atoms with E-state index in [1.165, 1.54) is 13.3 Å². The van der Waals surface area contributed by atoms with Crippen molar-refractivity contribution >= 4 is 28.8 Å². The van der Waals surface area contributed by atoms with Crippen molar-refractivity contribution in [2.24, 2.45) is 0 Å². The van der Waals surface area contributed by atoms with Gasteiger partial charge in [0.1, 0.15) is 10.6 Å². The fraction of sp³-hybridized carbons (Fsp3) is 0.250. The summed E-state index contributed by atoms with van der Waals surface area (Å²) in [5.74, 6) is -0.375. The van der Waals surface area contributed by atoms with Crippen molar-refractivity contribution in [1.29, 1.82) is 0 Å². The summed E-state index contributed by atoms with van der Waals surface area (Å²) >= 11 is 1.14. The van der Waals surface area contributed by atoms with E-state index in [9.17, 15) is 9.59 Å². The summed E-state index contributed by atoms with van der Waals surface area (Å²) in [6.45, 7) is 2.21. The highest BCUT2D eigenvalue weighted by Crippen LogP contribution is 2.21. The van der Waals surface area contributed by atoms with Crippen LogP contribution in [-0.4, -0.2) is 38.1 Å². The molecule has 124 valence electrons. The molecule has 3 rings (SSSR count). The maximum atomic E-state index is 12.2. The number of H-pyrrole nitrogens is 1. The number of thioether (sulfide) groups is 1. The fourth-order valence-corrected chi connectivity index (χ4v) is 3.07. The molecule has 0 aliphatic carbocycles. The molecule has 7 nitrogen and oxygen atoms in total. The van der Waals surface area contributed by atoms with Crippen molar-refractivity contribution in [3.8, 4) is 0 Å². The van der Waals surface area contributed by atoms with Crippen LogP contribution >= 0.6 is 11.8 Å². The highest BCUT2D eigenvalue weighted by molar-refractivity contribution is 8.00. The predicted octanol–water partition coefficient (Wildman–Crippen LogP) is 1.82. The van der Waals surface area contributed by atoms with Crippen LogP contribution in [0.1, 0.15) is 12.5 Å². The third kappa shape index (κ3) is 3.33. The standard InChI is InChI=1S/C16H16N4O3S/c1-10(15(22)23-2)24-16-18-13-12(14(21)19-16)8-17-20(13)9-11-6-4-3-5-7-11/h3-8,10H,9H2,1-2H3,(H,18,19,21). The second-order valence-electron chi connectivity index (χ2n) is 5.18. The molecule has 0 aliphatic rings. The van der Waals surface area contributed by atoms with Crippen LogP contribution in [0.25, 0.3) is 11.0 Å². The molecule has 8 heteroatoms. The lowest BCUT2D eigenvalue weighted by atomic mass is 10.2. The van der Waals surface area contributed by atoms with Crippen LogP contribution in [0.15, 0.2) is 46.5 Å². The van der Waals surface area contributed by atoms with E-state index in [0.717, 1.165) is 17.3 Å². The van der Waals surface area contributed by atoms with Gasteiger partial charge >= 0.3 is 5.97 Å². The summed E-state index contributed by atoms with van der Waals surface area (Å²) in [4.78, 5) is 30.9. The zero-order valence-corrected chi connectivity index (χ0v) is 14.0. The second-order valence-corrected chi connectivity index (χ2v) is 6.51. The van der Waals surface area contributed by atoms with Gasteiger partial charge in [0, 0.05) is 0 Å². The average molecular weight is 344 g/mol. The van der Waals surface area contributed by atoms with Crippen molar-refractivity contribution < 1.29 is 9.53 Å². The number of nitrogens with zero attached hydrogens (tertiary/aromatic N) is 3. The van der Waals surface area contributed by atoms with Gasteiger partial charge in [-0.15, -0.1) is 0 Å². The molecule has 0 amide bonds. The van der Waals surface area contributed by atoms with Gasteiger partial charge in [-0.3, -0.25) is 9.59 Å². The number of carbonyl (C=O) groups excluding carboxylic acids is 1. The maximum Gasteiger partial charge on any atom is 0.318 e. The molecule has 2 heterocycles. The van der Waals surface area contributed by atoms with Gasteiger partial charge in [-0.25, -0.2) is 9.67 Å². The zero-order chi connectivity index (χ0) is 17.1. The Hall–Kier alpha value is -2.61. The Morgan fingerprint density at radius 2 is 2.12 bits per heavy atom. The smallest absolute Gasteiger partial charge is 0.318 e. The number of hydrogen-bond acceptors (Lipinski definition) is 6. The molecule has 0 aliphatic heterocycles. The minimum absolute atomic E-state index is 0.279. The van der Waals surface area contributed by atoms with Crippen molar-refractivity contribution in [2.45, 2.75) is 23.9 Å².